The van der Waals surface area contributed by atoms with Crippen molar-refractivity contribution in [1.82, 2.24) is 19.9 Å². The Kier molecular flexibility index (Phi) is 12.4. The number of aryl methyl sites for hydroxylation is 2. The molecule has 0 aromatic carbocycles. The van der Waals surface area contributed by atoms with Crippen LogP contribution in [0.5, 0.6) is 0 Å². The van der Waals surface area contributed by atoms with Crippen LogP contribution in [0.3, 0.4) is 0 Å². The molecule has 2 aromatic heterocycles. The number of hydrogen-bond acceptors (Lipinski definition) is 12. The molecule has 0 fully saturated rings. The number of ether oxygens (including phenoxy) is 4. The second kappa shape index (κ2) is 15.7. The molecule has 2 aromatic rings. The van der Waals surface area contributed by atoms with Crippen molar-refractivity contribution in [2.75, 3.05) is 37.1 Å². The van der Waals surface area contributed by atoms with Gasteiger partial charge in [0.1, 0.15) is 23.0 Å². The zero-order chi connectivity index (χ0) is 29.7. The summed E-state index contributed by atoms with van der Waals surface area (Å²) in [6.45, 7) is 10.5. The molecule has 14 heteroatoms. The van der Waals surface area contributed by atoms with Crippen molar-refractivity contribution in [2.45, 2.75) is 54.4 Å². The molecule has 0 saturated carbocycles. The highest BCUT2D eigenvalue weighted by Crippen LogP contribution is 2.31. The molecule has 0 aliphatic rings. The topological polar surface area (TPSA) is 187 Å². The predicted molar refractivity (Wildman–Crippen MR) is 145 cm³/mol. The molecule has 0 radical (unpaired) electrons. The van der Waals surface area contributed by atoms with Gasteiger partial charge in [-0.15, -0.1) is 0 Å². The minimum absolute atomic E-state index is 0.0687. The van der Waals surface area contributed by atoms with Gasteiger partial charge < -0.3 is 39.5 Å². The fraction of sp³-hybridized carbons (Fsp3) is 0.462. The van der Waals surface area contributed by atoms with Gasteiger partial charge in [-0.1, -0.05) is 13.8 Å². The van der Waals surface area contributed by atoms with Crippen molar-refractivity contribution in [3.63, 3.8) is 0 Å². The van der Waals surface area contributed by atoms with Crippen molar-refractivity contribution in [3.8, 4) is 11.4 Å². The molecule has 14 nitrogen and oxygen atoms in total. The summed E-state index contributed by atoms with van der Waals surface area (Å²) >= 11 is 0. The van der Waals surface area contributed by atoms with Gasteiger partial charge in [0.25, 0.3) is 0 Å². The van der Waals surface area contributed by atoms with Crippen LogP contribution in [-0.2, 0) is 51.0 Å². The van der Waals surface area contributed by atoms with Gasteiger partial charge in [0.2, 0.25) is 0 Å². The highest BCUT2D eigenvalue weighted by atomic mass is 16.6. The van der Waals surface area contributed by atoms with Gasteiger partial charge in [0.05, 0.1) is 26.4 Å². The van der Waals surface area contributed by atoms with Crippen LogP contribution in [-0.4, -0.2) is 70.2 Å². The van der Waals surface area contributed by atoms with E-state index in [0.29, 0.717) is 35.9 Å². The summed E-state index contributed by atoms with van der Waals surface area (Å²) in [5.74, 6) is -1.71. The van der Waals surface area contributed by atoms with E-state index in [1.165, 1.54) is 12.4 Å². The molecular weight excluding hydrogens is 524 g/mol. The highest BCUT2D eigenvalue weighted by Gasteiger charge is 2.24. The van der Waals surface area contributed by atoms with Crippen molar-refractivity contribution >= 4 is 35.5 Å². The summed E-state index contributed by atoms with van der Waals surface area (Å²) in [5.41, 5.74) is 0.169. The van der Waals surface area contributed by atoms with Crippen LogP contribution < -0.4 is 10.6 Å². The zero-order valence-corrected chi connectivity index (χ0v) is 23.6. The molecule has 0 aliphatic carbocycles. The Morgan fingerprint density at radius 1 is 0.600 bits per heavy atom. The predicted octanol–water partition coefficient (Wildman–Crippen LogP) is 2.77. The van der Waals surface area contributed by atoms with Gasteiger partial charge >= 0.3 is 23.9 Å². The molecule has 0 amide bonds. The largest absolute Gasteiger partial charge is 0.462 e. The Morgan fingerprint density at radius 3 is 1.15 bits per heavy atom. The Labute approximate surface area is 231 Å². The third-order valence-corrected chi connectivity index (χ3v) is 5.11. The summed E-state index contributed by atoms with van der Waals surface area (Å²) in [6.07, 6.45) is 3.40. The molecule has 0 bridgehead atoms. The lowest BCUT2D eigenvalue weighted by atomic mass is 10.2. The summed E-state index contributed by atoms with van der Waals surface area (Å²) in [5, 5.41) is 5.78. The molecule has 0 aliphatic heterocycles. The minimum atomic E-state index is -0.853. The molecular formula is C26H36N6O8. The number of esters is 4. The van der Waals surface area contributed by atoms with Crippen molar-refractivity contribution in [2.24, 2.45) is 0 Å². The minimum Gasteiger partial charge on any atom is -0.462 e. The number of aromatic nitrogens is 4. The number of anilines is 2. The van der Waals surface area contributed by atoms with Gasteiger partial charge in [-0.05, 0) is 27.7 Å². The number of aromatic amines is 2. The Bertz CT molecular complexity index is 1120. The second-order valence-corrected chi connectivity index (χ2v) is 7.81. The van der Waals surface area contributed by atoms with Gasteiger partial charge in [-0.2, -0.15) is 0 Å². The standard InChI is InChI=1S/C26H36N6O8/c1-7-17-29-19(21(31-17)27-13-15(23(33)37-9-3)24(34)38-10-4)20-22(32-18(8-2)30-20)28-14-16(25(35)39-11-5)26(36)40-12-6/h13-14,27-28H,7-12H2,1-6H3,(H,29,31)(H,30,32). The third-order valence-electron chi connectivity index (χ3n) is 5.11. The number of imidazole rings is 2. The first kappa shape index (κ1) is 31.6. The van der Waals surface area contributed by atoms with E-state index < -0.39 is 23.9 Å². The Balaban J connectivity index is 2.56. The van der Waals surface area contributed by atoms with Crippen LogP contribution in [0.25, 0.3) is 11.4 Å². The maximum atomic E-state index is 12.4. The van der Waals surface area contributed by atoms with Crippen LogP contribution in [0.2, 0.25) is 0 Å². The van der Waals surface area contributed by atoms with Crippen molar-refractivity contribution in [3.05, 3.63) is 35.2 Å². The van der Waals surface area contributed by atoms with E-state index in [-0.39, 0.29) is 49.2 Å². The normalized spacial score (nSPS) is 10.2. The molecule has 218 valence electrons. The van der Waals surface area contributed by atoms with Crippen LogP contribution >= 0.6 is 0 Å². The van der Waals surface area contributed by atoms with Crippen LogP contribution in [0.15, 0.2) is 23.5 Å². The zero-order valence-electron chi connectivity index (χ0n) is 23.6. The number of carbonyl (C=O) groups excluding carboxylic acids is 4. The SMILES string of the molecule is CCOC(=O)C(=CNc1nc(CC)[nH]c1-c1[nH]c(CC)nc1NC=C(C(=O)OCC)C(=O)OCC)C(=O)OCC. The fourth-order valence-electron chi connectivity index (χ4n) is 3.27. The number of H-pyrrole nitrogens is 2. The van der Waals surface area contributed by atoms with Crippen molar-refractivity contribution < 1.29 is 38.1 Å². The van der Waals surface area contributed by atoms with Crippen LogP contribution in [0, 0.1) is 0 Å². The Morgan fingerprint density at radius 2 is 0.900 bits per heavy atom. The first-order valence-corrected chi connectivity index (χ1v) is 13.0. The van der Waals surface area contributed by atoms with E-state index >= 15 is 0 Å². The summed E-state index contributed by atoms with van der Waals surface area (Å²) in [4.78, 5) is 64.9. The second-order valence-electron chi connectivity index (χ2n) is 7.81. The lowest BCUT2D eigenvalue weighted by Gasteiger charge is -2.09. The lowest BCUT2D eigenvalue weighted by Crippen LogP contribution is -2.19. The molecule has 40 heavy (non-hydrogen) atoms. The number of nitrogens with one attached hydrogen (secondary N) is 4. The molecule has 0 spiro atoms. The van der Waals surface area contributed by atoms with E-state index in [4.69, 9.17) is 18.9 Å². The van der Waals surface area contributed by atoms with Gasteiger partial charge in [-0.25, -0.2) is 29.1 Å². The van der Waals surface area contributed by atoms with Crippen LogP contribution in [0.4, 0.5) is 11.6 Å². The lowest BCUT2D eigenvalue weighted by molar-refractivity contribution is -0.148. The maximum absolute atomic E-state index is 12.4. The molecule has 0 saturated heterocycles. The third kappa shape index (κ3) is 8.19. The van der Waals surface area contributed by atoms with E-state index in [2.05, 4.69) is 30.6 Å². The molecule has 2 heterocycles. The number of rotatable bonds is 15. The summed E-state index contributed by atoms with van der Waals surface area (Å²) < 4.78 is 19.9. The monoisotopic (exact) mass is 560 g/mol. The Hall–Kier alpha value is -4.62. The number of hydrogen-bond donors (Lipinski definition) is 4. The summed E-state index contributed by atoms with van der Waals surface area (Å²) in [7, 11) is 0. The first-order chi connectivity index (χ1) is 19.2. The van der Waals surface area contributed by atoms with Crippen molar-refractivity contribution in [1.29, 1.82) is 0 Å². The molecule has 2 rings (SSSR count). The molecule has 0 unspecified atom stereocenters. The average Bonchev–Trinajstić information content (AvgIpc) is 3.53. The number of nitrogens with zero attached hydrogens (tertiary/aromatic N) is 2. The van der Waals surface area contributed by atoms with E-state index in [0.717, 1.165) is 0 Å². The van der Waals surface area contributed by atoms with Crippen LogP contribution in [0.1, 0.15) is 53.2 Å². The smallest absolute Gasteiger partial charge is 0.347 e. The van der Waals surface area contributed by atoms with Gasteiger partial charge in [0, 0.05) is 25.2 Å². The molecule has 0 atom stereocenters. The number of carbonyl (C=O) groups is 4. The quantitative estimate of drug-likeness (QED) is 0.0821. The maximum Gasteiger partial charge on any atom is 0.347 e. The van der Waals surface area contributed by atoms with E-state index in [1.807, 2.05) is 13.8 Å². The summed E-state index contributed by atoms with van der Waals surface area (Å²) in [6, 6.07) is 0. The highest BCUT2D eigenvalue weighted by molar-refractivity contribution is 6.15. The van der Waals surface area contributed by atoms with E-state index in [9.17, 15) is 19.2 Å². The first-order valence-electron chi connectivity index (χ1n) is 13.0. The van der Waals surface area contributed by atoms with E-state index in [1.54, 1.807) is 27.7 Å². The fourth-order valence-corrected chi connectivity index (χ4v) is 3.27. The van der Waals surface area contributed by atoms with Gasteiger partial charge in [-0.3, -0.25) is 0 Å². The molecule has 4 N–H and O–H groups in total. The van der Waals surface area contributed by atoms with Gasteiger partial charge in [0.15, 0.2) is 22.8 Å². The average molecular weight is 561 g/mol.